The molecule has 114 valence electrons. The number of aliphatic hydroxyl groups excluding tert-OH is 6. The van der Waals surface area contributed by atoms with Crippen molar-refractivity contribution < 1.29 is 69.9 Å². The fourth-order valence-electron chi connectivity index (χ4n) is 0.662. The molecule has 0 saturated carbocycles. The number of hydrogen-bond acceptors (Lipinski definition) is 10. The zero-order chi connectivity index (χ0) is 15.7. The standard InChI is InChI=1S/C6H12O7.C3H6O3.Zn/c7-1-2(8)3(9)4(10)5(11)6(12)13;1-2(4)3(5)6;/h2-5,7-11H,1H2,(H,12,13);2,4H,1H3,(H,5,6);/q;;+2/p-2/t2-,3+,4+,5+;;/m0../s1. The Kier molecular flexibility index (Phi) is 14.7. The van der Waals surface area contributed by atoms with Gasteiger partial charge in [0, 0.05) is 0 Å². The smallest absolute Gasteiger partial charge is 0.547 e. The number of hydrogen-bond donors (Lipinski definition) is 6. The van der Waals surface area contributed by atoms with Gasteiger partial charge in [0.05, 0.1) is 24.6 Å². The zero-order valence-corrected chi connectivity index (χ0v) is 13.6. The molecule has 0 radical (unpaired) electrons. The second-order valence-electron chi connectivity index (χ2n) is 3.49. The predicted molar refractivity (Wildman–Crippen MR) is 52.8 cm³/mol. The first kappa shape index (κ1) is 24.3. The molecule has 0 rings (SSSR count). The minimum atomic E-state index is -2.31. The van der Waals surface area contributed by atoms with Crippen molar-refractivity contribution in [2.75, 3.05) is 6.61 Å². The summed E-state index contributed by atoms with van der Waals surface area (Å²) in [4.78, 5) is 19.3. The van der Waals surface area contributed by atoms with E-state index in [4.69, 9.17) is 30.6 Å². The summed E-state index contributed by atoms with van der Waals surface area (Å²) in [5.74, 6) is -3.41. The van der Waals surface area contributed by atoms with E-state index < -0.39 is 49.1 Å². The number of carboxylic acid groups (broad SMARTS) is 2. The first-order valence-electron chi connectivity index (χ1n) is 4.99. The second-order valence-corrected chi connectivity index (χ2v) is 3.49. The molecule has 20 heavy (non-hydrogen) atoms. The van der Waals surface area contributed by atoms with Crippen LogP contribution in [0.4, 0.5) is 0 Å². The normalized spacial score (nSPS) is 17.4. The topological polar surface area (TPSA) is 202 Å². The van der Waals surface area contributed by atoms with E-state index in [2.05, 4.69) is 0 Å². The maximum atomic E-state index is 9.98. The van der Waals surface area contributed by atoms with E-state index in [0.29, 0.717) is 0 Å². The third-order valence-corrected chi connectivity index (χ3v) is 1.84. The van der Waals surface area contributed by atoms with Crippen LogP contribution in [0.5, 0.6) is 0 Å². The van der Waals surface area contributed by atoms with Crippen molar-refractivity contribution in [1.82, 2.24) is 0 Å². The SMILES string of the molecule is CC(O)C(=O)[O-].O=C([O-])[C@H](O)[C@H](O)[C@H](O)[C@@H](O)CO.[Zn+2]. The predicted octanol–water partition coefficient (Wildman–Crippen LogP) is -6.71. The zero-order valence-electron chi connectivity index (χ0n) is 10.6. The van der Waals surface area contributed by atoms with Gasteiger partial charge in [0.15, 0.2) is 0 Å². The first-order chi connectivity index (χ1) is 8.56. The van der Waals surface area contributed by atoms with E-state index in [1.54, 1.807) is 0 Å². The molecule has 0 amide bonds. The quantitative estimate of drug-likeness (QED) is 0.250. The summed E-state index contributed by atoms with van der Waals surface area (Å²) in [7, 11) is 0. The number of aliphatic carboxylic acids is 2. The Hall–Kier alpha value is -0.677. The third-order valence-electron chi connectivity index (χ3n) is 1.84. The number of carbonyl (C=O) groups is 2. The van der Waals surface area contributed by atoms with Gasteiger partial charge in [-0.15, -0.1) is 0 Å². The van der Waals surface area contributed by atoms with Crippen LogP contribution in [0, 0.1) is 0 Å². The van der Waals surface area contributed by atoms with Gasteiger partial charge in [-0.1, -0.05) is 0 Å². The summed E-state index contributed by atoms with van der Waals surface area (Å²) >= 11 is 0. The maximum Gasteiger partial charge on any atom is 2.00 e. The van der Waals surface area contributed by atoms with Crippen LogP contribution >= 0.6 is 0 Å². The molecule has 0 spiro atoms. The van der Waals surface area contributed by atoms with Crippen LogP contribution in [0.3, 0.4) is 0 Å². The second kappa shape index (κ2) is 12.1. The third kappa shape index (κ3) is 10.2. The van der Waals surface area contributed by atoms with Gasteiger partial charge in [-0.3, -0.25) is 0 Å². The van der Waals surface area contributed by atoms with Gasteiger partial charge in [-0.25, -0.2) is 0 Å². The van der Waals surface area contributed by atoms with Crippen LogP contribution in [0.25, 0.3) is 0 Å². The van der Waals surface area contributed by atoms with E-state index in [0.717, 1.165) is 6.92 Å². The average molecular weight is 350 g/mol. The van der Waals surface area contributed by atoms with E-state index in [1.165, 1.54) is 0 Å². The molecule has 11 heteroatoms. The summed E-state index contributed by atoms with van der Waals surface area (Å²) in [6.45, 7) is 0.271. The van der Waals surface area contributed by atoms with Crippen molar-refractivity contribution in [3.8, 4) is 0 Å². The van der Waals surface area contributed by atoms with Crippen LogP contribution < -0.4 is 10.2 Å². The largest absolute Gasteiger partial charge is 2.00 e. The summed E-state index contributed by atoms with van der Waals surface area (Å²) < 4.78 is 0. The molecule has 0 saturated heterocycles. The van der Waals surface area contributed by atoms with Crippen molar-refractivity contribution in [3.63, 3.8) is 0 Å². The molecule has 0 heterocycles. The fraction of sp³-hybridized carbons (Fsp3) is 0.778. The van der Waals surface area contributed by atoms with Gasteiger partial charge in [-0.05, 0) is 6.92 Å². The van der Waals surface area contributed by atoms with E-state index in [-0.39, 0.29) is 19.5 Å². The van der Waals surface area contributed by atoms with Crippen LogP contribution in [0.1, 0.15) is 6.92 Å². The molecule has 0 aromatic heterocycles. The van der Waals surface area contributed by atoms with Gasteiger partial charge in [-0.2, -0.15) is 0 Å². The van der Waals surface area contributed by atoms with Gasteiger partial charge in [0.1, 0.15) is 24.4 Å². The monoisotopic (exact) mass is 348 g/mol. The van der Waals surface area contributed by atoms with Crippen LogP contribution in [-0.4, -0.2) is 79.7 Å². The molecule has 0 aliphatic heterocycles. The molecule has 0 aliphatic rings. The van der Waals surface area contributed by atoms with Gasteiger partial charge >= 0.3 is 19.5 Å². The molecule has 0 aromatic carbocycles. The summed E-state index contributed by atoms with van der Waals surface area (Å²) in [5.41, 5.74) is 0. The number of carboxylic acids is 2. The van der Waals surface area contributed by atoms with Crippen molar-refractivity contribution in [2.45, 2.75) is 37.4 Å². The van der Waals surface area contributed by atoms with Crippen molar-refractivity contribution in [3.05, 3.63) is 0 Å². The molecule has 1 unspecified atom stereocenters. The summed E-state index contributed by atoms with van der Waals surface area (Å²) in [5, 5.41) is 70.7. The Morgan fingerprint density at radius 2 is 1.30 bits per heavy atom. The Labute approximate surface area is 126 Å². The Bertz CT molecular complexity index is 284. The minimum Gasteiger partial charge on any atom is -0.547 e. The summed E-state index contributed by atoms with van der Waals surface area (Å²) in [6, 6.07) is 0. The molecule has 5 atom stereocenters. The molecule has 0 fully saturated rings. The van der Waals surface area contributed by atoms with Crippen molar-refractivity contribution in [2.24, 2.45) is 0 Å². The molecule has 0 aliphatic carbocycles. The van der Waals surface area contributed by atoms with Crippen LogP contribution in [-0.2, 0) is 29.1 Å². The fourth-order valence-corrected chi connectivity index (χ4v) is 0.662. The molecular weight excluding hydrogens is 333 g/mol. The van der Waals surface area contributed by atoms with Crippen LogP contribution in [0.2, 0.25) is 0 Å². The summed E-state index contributed by atoms with van der Waals surface area (Å²) in [6.07, 6.45) is -9.42. The average Bonchev–Trinajstić information content (AvgIpc) is 2.35. The Morgan fingerprint density at radius 3 is 1.50 bits per heavy atom. The van der Waals surface area contributed by atoms with Crippen molar-refractivity contribution >= 4 is 11.9 Å². The van der Waals surface area contributed by atoms with Crippen molar-refractivity contribution in [1.29, 1.82) is 0 Å². The molecule has 10 nitrogen and oxygen atoms in total. The molecule has 0 aromatic rings. The van der Waals surface area contributed by atoms with Gasteiger partial charge in [0.2, 0.25) is 0 Å². The Morgan fingerprint density at radius 1 is 0.950 bits per heavy atom. The number of aliphatic hydroxyl groups is 6. The number of carbonyl (C=O) groups excluding carboxylic acids is 2. The Balaban J connectivity index is -0.000000352. The van der Waals surface area contributed by atoms with Gasteiger partial charge < -0.3 is 50.4 Å². The number of rotatable bonds is 6. The van der Waals surface area contributed by atoms with E-state index in [9.17, 15) is 19.8 Å². The van der Waals surface area contributed by atoms with E-state index >= 15 is 0 Å². The maximum absolute atomic E-state index is 9.98. The molecule has 6 N–H and O–H groups in total. The molecular formula is C9H16O10Zn. The van der Waals surface area contributed by atoms with E-state index in [1.807, 2.05) is 0 Å². The van der Waals surface area contributed by atoms with Gasteiger partial charge in [0.25, 0.3) is 0 Å². The first-order valence-corrected chi connectivity index (χ1v) is 4.99. The minimum absolute atomic E-state index is 0. The molecule has 0 bridgehead atoms. The van der Waals surface area contributed by atoms with Crippen LogP contribution in [0.15, 0.2) is 0 Å².